The number of primary sulfonamides is 1. The number of benzene rings is 2. The highest BCUT2D eigenvalue weighted by Gasteiger charge is 2.35. The van der Waals surface area contributed by atoms with Gasteiger partial charge in [0, 0.05) is 19.2 Å². The van der Waals surface area contributed by atoms with E-state index in [9.17, 15) is 18.3 Å². The van der Waals surface area contributed by atoms with Crippen LogP contribution in [0.15, 0.2) is 66.7 Å². The smallest absolute Gasteiger partial charge is 0.213 e. The zero-order chi connectivity index (χ0) is 21.9. The van der Waals surface area contributed by atoms with Crippen molar-refractivity contribution in [1.82, 2.24) is 4.57 Å². The topological polar surface area (TPSA) is 112 Å². The number of ether oxygens (including phenoxy) is 1. The van der Waals surface area contributed by atoms with Crippen LogP contribution in [0.4, 0.5) is 0 Å². The van der Waals surface area contributed by atoms with E-state index < -0.39 is 21.4 Å². The fourth-order valence-electron chi connectivity index (χ4n) is 3.55. The van der Waals surface area contributed by atoms with Crippen molar-refractivity contribution in [2.24, 2.45) is 12.2 Å². The summed E-state index contributed by atoms with van der Waals surface area (Å²) in [7, 11) is -0.777. The van der Waals surface area contributed by atoms with Crippen molar-refractivity contribution < 1.29 is 23.1 Å². The predicted molar refractivity (Wildman–Crippen MR) is 114 cm³/mol. The maximum absolute atomic E-state index is 13.0. The van der Waals surface area contributed by atoms with Gasteiger partial charge in [0.1, 0.15) is 11.4 Å². The van der Waals surface area contributed by atoms with Crippen molar-refractivity contribution in [3.8, 4) is 5.75 Å². The molecular formula is C22H24N2O5S. The van der Waals surface area contributed by atoms with Crippen LogP contribution in [-0.4, -0.2) is 36.7 Å². The van der Waals surface area contributed by atoms with E-state index in [4.69, 9.17) is 9.88 Å². The van der Waals surface area contributed by atoms with E-state index in [1.165, 1.54) is 7.11 Å². The van der Waals surface area contributed by atoms with Gasteiger partial charge < -0.3 is 14.4 Å². The largest absolute Gasteiger partial charge is 0.496 e. The van der Waals surface area contributed by atoms with Crippen LogP contribution >= 0.6 is 0 Å². The Labute approximate surface area is 175 Å². The van der Waals surface area contributed by atoms with E-state index in [-0.39, 0.29) is 12.2 Å². The van der Waals surface area contributed by atoms with Crippen LogP contribution < -0.4 is 9.88 Å². The Bertz CT molecular complexity index is 1160. The second kappa shape index (κ2) is 8.43. The summed E-state index contributed by atoms with van der Waals surface area (Å²) in [6.07, 6.45) is -0.0385. The second-order valence-electron chi connectivity index (χ2n) is 7.18. The first-order valence-corrected chi connectivity index (χ1v) is 11.0. The van der Waals surface area contributed by atoms with Crippen molar-refractivity contribution in [2.75, 3.05) is 12.9 Å². The number of nitrogens with zero attached hydrogens (tertiary/aromatic N) is 1. The third-order valence-electron chi connectivity index (χ3n) is 5.03. The molecule has 1 aromatic heterocycles. The molecule has 0 aliphatic rings. The molecule has 0 fully saturated rings. The predicted octanol–water partition coefficient (Wildman–Crippen LogP) is 1.98. The Balaban J connectivity index is 1.98. The van der Waals surface area contributed by atoms with E-state index in [0.717, 1.165) is 0 Å². The van der Waals surface area contributed by atoms with Gasteiger partial charge >= 0.3 is 0 Å². The number of hydrogen-bond donors (Lipinski definition) is 2. The molecule has 3 N–H and O–H groups in total. The molecule has 0 saturated carbocycles. The first-order valence-electron chi connectivity index (χ1n) is 9.25. The van der Waals surface area contributed by atoms with Gasteiger partial charge in [0.05, 0.1) is 24.1 Å². The number of aromatic nitrogens is 1. The molecule has 2 aromatic carbocycles. The number of hydrogen-bond acceptors (Lipinski definition) is 5. The summed E-state index contributed by atoms with van der Waals surface area (Å²) < 4.78 is 30.5. The van der Waals surface area contributed by atoms with Crippen LogP contribution in [-0.2, 0) is 29.1 Å². The van der Waals surface area contributed by atoms with Crippen LogP contribution in [0.3, 0.4) is 0 Å². The number of carbonyl (C=O) groups is 1. The Morgan fingerprint density at radius 2 is 1.70 bits per heavy atom. The molecular weight excluding hydrogens is 404 g/mol. The third-order valence-corrected chi connectivity index (χ3v) is 5.91. The highest BCUT2D eigenvalue weighted by atomic mass is 32.2. The van der Waals surface area contributed by atoms with E-state index in [1.807, 2.05) is 0 Å². The van der Waals surface area contributed by atoms with E-state index >= 15 is 0 Å². The Morgan fingerprint density at radius 3 is 2.33 bits per heavy atom. The first kappa shape index (κ1) is 21.8. The molecule has 0 saturated heterocycles. The molecule has 30 heavy (non-hydrogen) atoms. The summed E-state index contributed by atoms with van der Waals surface area (Å²) >= 11 is 0. The molecule has 0 radical (unpaired) electrons. The molecule has 1 unspecified atom stereocenters. The van der Waals surface area contributed by atoms with Crippen LogP contribution in [0.5, 0.6) is 5.75 Å². The number of para-hydroxylation sites is 1. The maximum Gasteiger partial charge on any atom is 0.213 e. The molecule has 3 aromatic rings. The lowest BCUT2D eigenvalue weighted by Crippen LogP contribution is -2.39. The third kappa shape index (κ3) is 4.62. The summed E-state index contributed by atoms with van der Waals surface area (Å²) in [5.41, 5.74) is 0.0725. The second-order valence-corrected chi connectivity index (χ2v) is 8.79. The normalized spacial score (nSPS) is 13.6. The fourth-order valence-corrected chi connectivity index (χ4v) is 4.48. The number of carbonyl (C=O) groups excluding carboxylic acids is 1. The quantitative estimate of drug-likeness (QED) is 0.533. The van der Waals surface area contributed by atoms with Crippen molar-refractivity contribution in [3.05, 3.63) is 89.2 Å². The molecule has 0 aliphatic carbocycles. The summed E-state index contributed by atoms with van der Waals surface area (Å²) in [5.74, 6) is -0.429. The molecule has 1 atom stereocenters. The molecule has 0 aliphatic heterocycles. The monoisotopic (exact) mass is 428 g/mol. The SMILES string of the molecule is COc1ccccc1C(=O)c1ccc(CC(O)(CS(N)(=O)=O)c2ccccc2)n1C. The number of methoxy groups -OCH3 is 1. The van der Waals surface area contributed by atoms with Crippen LogP contribution in [0.1, 0.15) is 27.3 Å². The standard InChI is InChI=1S/C22H24N2O5S/c1-24-17(12-13-19(24)21(25)18-10-6-7-11-20(18)29-2)14-22(26,15-30(23,27)28)16-8-4-3-5-9-16/h3-13,26H,14-15H2,1-2H3,(H2,23,27,28). The average molecular weight is 429 g/mol. The molecule has 3 rings (SSSR count). The van der Waals surface area contributed by atoms with E-state index in [0.29, 0.717) is 28.3 Å². The maximum atomic E-state index is 13.0. The van der Waals surface area contributed by atoms with Crippen molar-refractivity contribution in [1.29, 1.82) is 0 Å². The average Bonchev–Trinajstić information content (AvgIpc) is 3.06. The lowest BCUT2D eigenvalue weighted by atomic mass is 9.91. The van der Waals surface area contributed by atoms with Crippen molar-refractivity contribution in [2.45, 2.75) is 12.0 Å². The molecule has 1 heterocycles. The Morgan fingerprint density at radius 1 is 1.07 bits per heavy atom. The lowest BCUT2D eigenvalue weighted by molar-refractivity contribution is 0.0592. The van der Waals surface area contributed by atoms with Crippen molar-refractivity contribution >= 4 is 15.8 Å². The summed E-state index contributed by atoms with van der Waals surface area (Å²) in [6, 6.07) is 18.7. The molecule has 0 spiro atoms. The van der Waals surface area contributed by atoms with Gasteiger partial charge in [-0.05, 0) is 29.8 Å². The minimum Gasteiger partial charge on any atom is -0.496 e. The van der Waals surface area contributed by atoms with Gasteiger partial charge in [-0.1, -0.05) is 42.5 Å². The van der Waals surface area contributed by atoms with Gasteiger partial charge in [0.15, 0.2) is 0 Å². The Hall–Kier alpha value is -2.94. The summed E-state index contributed by atoms with van der Waals surface area (Å²) in [6.45, 7) is 0. The minimum atomic E-state index is -3.97. The lowest BCUT2D eigenvalue weighted by Gasteiger charge is -2.28. The van der Waals surface area contributed by atoms with Gasteiger partial charge in [-0.25, -0.2) is 13.6 Å². The number of rotatable bonds is 8. The number of aliphatic hydroxyl groups is 1. The zero-order valence-corrected chi connectivity index (χ0v) is 17.6. The number of ketones is 1. The van der Waals surface area contributed by atoms with Gasteiger partial charge in [-0.3, -0.25) is 4.79 Å². The van der Waals surface area contributed by atoms with Crippen LogP contribution in [0.2, 0.25) is 0 Å². The molecule has 0 bridgehead atoms. The summed E-state index contributed by atoms with van der Waals surface area (Å²) in [4.78, 5) is 13.0. The highest BCUT2D eigenvalue weighted by molar-refractivity contribution is 7.89. The highest BCUT2D eigenvalue weighted by Crippen LogP contribution is 2.29. The molecule has 7 nitrogen and oxygen atoms in total. The number of nitrogens with two attached hydrogens (primary N) is 1. The van der Waals surface area contributed by atoms with Crippen LogP contribution in [0, 0.1) is 0 Å². The van der Waals surface area contributed by atoms with Gasteiger partial charge in [0.25, 0.3) is 0 Å². The molecule has 0 amide bonds. The van der Waals surface area contributed by atoms with E-state index in [1.54, 1.807) is 78.3 Å². The fraction of sp³-hybridized carbons (Fsp3) is 0.227. The van der Waals surface area contributed by atoms with E-state index in [2.05, 4.69) is 0 Å². The first-order chi connectivity index (χ1) is 14.1. The van der Waals surface area contributed by atoms with Gasteiger partial charge in [-0.2, -0.15) is 0 Å². The molecule has 8 heteroatoms. The van der Waals surface area contributed by atoms with Crippen LogP contribution in [0.25, 0.3) is 0 Å². The zero-order valence-electron chi connectivity index (χ0n) is 16.8. The number of sulfonamides is 1. The molecule has 158 valence electrons. The summed E-state index contributed by atoms with van der Waals surface area (Å²) in [5, 5.41) is 16.5. The minimum absolute atomic E-state index is 0.0385. The van der Waals surface area contributed by atoms with Crippen molar-refractivity contribution in [3.63, 3.8) is 0 Å². The van der Waals surface area contributed by atoms with Gasteiger partial charge in [-0.15, -0.1) is 0 Å². The Kier molecular flexibility index (Phi) is 6.12. The van der Waals surface area contributed by atoms with Gasteiger partial charge in [0.2, 0.25) is 15.8 Å².